The summed E-state index contributed by atoms with van der Waals surface area (Å²) in [5.41, 5.74) is 15.4. The first kappa shape index (κ1) is 36.5. The summed E-state index contributed by atoms with van der Waals surface area (Å²) in [6.07, 6.45) is 8.99. The summed E-state index contributed by atoms with van der Waals surface area (Å²) < 4.78 is 0. The molecule has 3 rings (SSSR count). The van der Waals surface area contributed by atoms with Crippen LogP contribution in [0.25, 0.3) is 5.57 Å². The Balaban J connectivity index is 0.00000288. The van der Waals surface area contributed by atoms with E-state index in [0.29, 0.717) is 30.9 Å². The van der Waals surface area contributed by atoms with Crippen LogP contribution < -0.4 is 21.7 Å². The molecule has 7 nitrogen and oxygen atoms in total. The number of amidine groups is 1. The maximum Gasteiger partial charge on any atom is 0.251 e. The normalized spacial score (nSPS) is 12.7. The van der Waals surface area contributed by atoms with Crippen molar-refractivity contribution >= 4 is 28.7 Å². The lowest BCUT2D eigenvalue weighted by atomic mass is 9.91. The van der Waals surface area contributed by atoms with E-state index in [0.717, 1.165) is 49.3 Å². The quantitative estimate of drug-likeness (QED) is 0.118. The SMILES string of the molecule is C.C/C=C\N=C(Nc1ccc(C(=O)NCCCNCCN)c(CC)c1)C1=NC=C(c2ccc(CC)c(C)c2C)C1.CC. The summed E-state index contributed by atoms with van der Waals surface area (Å²) in [5.74, 6) is 0.664. The summed E-state index contributed by atoms with van der Waals surface area (Å²) in [6.45, 7) is 17.5. The number of nitrogens with two attached hydrogens (primary N) is 1. The first-order valence-corrected chi connectivity index (χ1v) is 15.1. The number of benzene rings is 2. The number of carbonyl (C=O) groups is 1. The van der Waals surface area contributed by atoms with Crippen molar-refractivity contribution < 1.29 is 4.79 Å². The molecule has 0 bridgehead atoms. The predicted molar refractivity (Wildman–Crippen MR) is 184 cm³/mol. The topological polar surface area (TPSA) is 104 Å². The van der Waals surface area contributed by atoms with E-state index in [1.54, 1.807) is 6.20 Å². The zero-order valence-corrected chi connectivity index (χ0v) is 26.2. The van der Waals surface area contributed by atoms with Gasteiger partial charge in [0.1, 0.15) is 0 Å². The minimum atomic E-state index is -0.0474. The van der Waals surface area contributed by atoms with E-state index in [1.807, 2.05) is 51.2 Å². The van der Waals surface area contributed by atoms with E-state index < -0.39 is 0 Å². The third kappa shape index (κ3) is 10.1. The molecule has 0 aliphatic carbocycles. The van der Waals surface area contributed by atoms with Crippen molar-refractivity contribution in [2.75, 3.05) is 31.5 Å². The van der Waals surface area contributed by atoms with Crippen molar-refractivity contribution in [1.29, 1.82) is 0 Å². The summed E-state index contributed by atoms with van der Waals surface area (Å²) in [4.78, 5) is 22.3. The van der Waals surface area contributed by atoms with Gasteiger partial charge in [0.25, 0.3) is 5.91 Å². The Labute approximate surface area is 254 Å². The fourth-order valence-corrected chi connectivity index (χ4v) is 4.73. The fraction of sp³-hybridized carbons (Fsp3) is 0.457. The highest BCUT2D eigenvalue weighted by Gasteiger charge is 2.20. The molecule has 2 aromatic carbocycles. The van der Waals surface area contributed by atoms with Gasteiger partial charge in [-0.3, -0.25) is 9.79 Å². The lowest BCUT2D eigenvalue weighted by Crippen LogP contribution is -2.29. The number of carbonyl (C=O) groups excluding carboxylic acids is 1. The van der Waals surface area contributed by atoms with Gasteiger partial charge in [-0.2, -0.15) is 0 Å². The van der Waals surface area contributed by atoms with Crippen molar-refractivity contribution in [1.82, 2.24) is 10.6 Å². The molecule has 1 aliphatic rings. The number of hydrogen-bond donors (Lipinski definition) is 4. The van der Waals surface area contributed by atoms with Crippen LogP contribution in [0.2, 0.25) is 0 Å². The molecule has 42 heavy (non-hydrogen) atoms. The standard InChI is InChI=1S/C32H44N6O.C2H6.CH4/c1-6-15-35-31(30-20-26(21-37-30)28-12-10-24(7-2)22(4)23(28)5)38-27-11-13-29(25(8-3)19-27)32(39)36-17-9-16-34-18-14-33;1-2;/h6,10-13,15,19,21,34H,7-9,14,16-18,20,33H2,1-5H3,(H,35,38)(H,36,39);1-2H3;1H4/b15-6-;;. The maximum absolute atomic E-state index is 12.8. The molecule has 0 spiro atoms. The number of anilines is 1. The van der Waals surface area contributed by atoms with E-state index in [2.05, 4.69) is 60.8 Å². The molecule has 230 valence electrons. The third-order valence-electron chi connectivity index (χ3n) is 7.12. The number of hydrogen-bond acceptors (Lipinski definition) is 5. The number of rotatable bonds is 13. The summed E-state index contributed by atoms with van der Waals surface area (Å²) in [6, 6.07) is 10.3. The van der Waals surface area contributed by atoms with Gasteiger partial charge in [-0.05, 0) is 98.2 Å². The van der Waals surface area contributed by atoms with Crippen molar-refractivity contribution in [2.24, 2.45) is 15.7 Å². The molecule has 0 atom stereocenters. The first-order valence-electron chi connectivity index (χ1n) is 15.1. The Kier molecular flexibility index (Phi) is 17.0. The molecular weight excluding hydrogens is 520 g/mol. The van der Waals surface area contributed by atoms with Gasteiger partial charge in [-0.25, -0.2) is 4.99 Å². The molecule has 1 aliphatic heterocycles. The Morgan fingerprint density at radius 1 is 1.02 bits per heavy atom. The molecule has 0 fully saturated rings. The summed E-state index contributed by atoms with van der Waals surface area (Å²) in [7, 11) is 0. The highest BCUT2D eigenvalue weighted by molar-refractivity contribution is 6.48. The zero-order valence-electron chi connectivity index (χ0n) is 26.2. The number of amides is 1. The van der Waals surface area contributed by atoms with Crippen LogP contribution in [0.1, 0.15) is 93.1 Å². The second-order valence-corrected chi connectivity index (χ2v) is 9.74. The van der Waals surface area contributed by atoms with Gasteiger partial charge in [-0.1, -0.05) is 53.3 Å². The molecule has 0 saturated heterocycles. The number of nitrogens with zero attached hydrogens (tertiary/aromatic N) is 2. The van der Waals surface area contributed by atoms with E-state index in [9.17, 15) is 4.79 Å². The Morgan fingerprint density at radius 2 is 1.76 bits per heavy atom. The Morgan fingerprint density at radius 3 is 2.43 bits per heavy atom. The first-order chi connectivity index (χ1) is 19.9. The Hall–Kier alpha value is -3.55. The van der Waals surface area contributed by atoms with Crippen LogP contribution in [-0.2, 0) is 12.8 Å². The van der Waals surface area contributed by atoms with Gasteiger partial charge in [0.15, 0.2) is 5.84 Å². The average molecular weight is 575 g/mol. The lowest BCUT2D eigenvalue weighted by Gasteiger charge is -2.15. The van der Waals surface area contributed by atoms with Gasteiger partial charge in [0, 0.05) is 49.7 Å². The van der Waals surface area contributed by atoms with Crippen LogP contribution in [0.5, 0.6) is 0 Å². The van der Waals surface area contributed by atoms with Crippen LogP contribution in [-0.4, -0.2) is 43.6 Å². The van der Waals surface area contributed by atoms with Crippen molar-refractivity contribution in [3.05, 3.63) is 82.2 Å². The van der Waals surface area contributed by atoms with Crippen molar-refractivity contribution in [3.8, 4) is 0 Å². The predicted octanol–water partition coefficient (Wildman–Crippen LogP) is 6.99. The van der Waals surface area contributed by atoms with E-state index in [4.69, 9.17) is 10.7 Å². The Bertz CT molecular complexity index is 1270. The molecular formula is C35H54N6O. The summed E-state index contributed by atoms with van der Waals surface area (Å²) in [5, 5.41) is 9.74. The number of nitrogens with one attached hydrogen (secondary N) is 3. The molecule has 7 heteroatoms. The number of aliphatic imine (C=N–C) groups is 2. The van der Waals surface area contributed by atoms with Crippen LogP contribution in [0, 0.1) is 13.8 Å². The van der Waals surface area contributed by atoms with Crippen LogP contribution in [0.3, 0.4) is 0 Å². The minimum absolute atomic E-state index is 0. The van der Waals surface area contributed by atoms with Crippen molar-refractivity contribution in [2.45, 2.75) is 81.6 Å². The molecule has 0 unspecified atom stereocenters. The van der Waals surface area contributed by atoms with Gasteiger partial charge in [-0.15, -0.1) is 0 Å². The number of aryl methyl sites for hydroxylation is 2. The molecule has 1 heterocycles. The molecule has 0 radical (unpaired) electrons. The minimum Gasteiger partial charge on any atom is -0.352 e. The van der Waals surface area contributed by atoms with Gasteiger partial charge >= 0.3 is 0 Å². The average Bonchev–Trinajstić information content (AvgIpc) is 3.49. The smallest absolute Gasteiger partial charge is 0.251 e. The van der Waals surface area contributed by atoms with Crippen molar-refractivity contribution in [3.63, 3.8) is 0 Å². The molecule has 0 aromatic heterocycles. The van der Waals surface area contributed by atoms with E-state index in [-0.39, 0.29) is 13.3 Å². The maximum atomic E-state index is 12.8. The highest BCUT2D eigenvalue weighted by Crippen LogP contribution is 2.30. The van der Waals surface area contributed by atoms with Gasteiger partial charge in [0.05, 0.1) is 5.71 Å². The second-order valence-electron chi connectivity index (χ2n) is 9.74. The van der Waals surface area contributed by atoms with Crippen LogP contribution in [0.15, 0.2) is 58.8 Å². The second kappa shape index (κ2) is 19.5. The number of allylic oxidation sites excluding steroid dienone is 2. The van der Waals surface area contributed by atoms with E-state index >= 15 is 0 Å². The van der Waals surface area contributed by atoms with Gasteiger partial charge < -0.3 is 21.7 Å². The van der Waals surface area contributed by atoms with E-state index in [1.165, 1.54) is 27.8 Å². The zero-order chi connectivity index (χ0) is 30.2. The van der Waals surface area contributed by atoms with Crippen LogP contribution in [0.4, 0.5) is 5.69 Å². The fourth-order valence-electron chi connectivity index (χ4n) is 4.73. The molecule has 0 saturated carbocycles. The largest absolute Gasteiger partial charge is 0.352 e. The highest BCUT2D eigenvalue weighted by atomic mass is 16.1. The monoisotopic (exact) mass is 574 g/mol. The third-order valence-corrected chi connectivity index (χ3v) is 7.12. The van der Waals surface area contributed by atoms with Gasteiger partial charge in [0.2, 0.25) is 0 Å². The van der Waals surface area contributed by atoms with Crippen LogP contribution >= 0.6 is 0 Å². The molecule has 2 aromatic rings. The molecule has 5 N–H and O–H groups in total. The molecule has 1 amide bonds. The summed E-state index contributed by atoms with van der Waals surface area (Å²) >= 11 is 0. The lowest BCUT2D eigenvalue weighted by molar-refractivity contribution is 0.0952.